The quantitative estimate of drug-likeness (QED) is 0.320. The molecule has 0 fully saturated rings. The summed E-state index contributed by atoms with van der Waals surface area (Å²) >= 11 is 1.70. The molecule has 0 aliphatic carbocycles. The van der Waals surface area contributed by atoms with E-state index in [2.05, 4.69) is 5.43 Å². The summed E-state index contributed by atoms with van der Waals surface area (Å²) in [5, 5.41) is 0.665. The number of amides is 1. The molecule has 0 aromatic heterocycles. The minimum atomic E-state index is -0.126. The van der Waals surface area contributed by atoms with Crippen molar-refractivity contribution in [2.45, 2.75) is 30.8 Å². The van der Waals surface area contributed by atoms with Gasteiger partial charge in [0.2, 0.25) is 5.91 Å². The van der Waals surface area contributed by atoms with Crippen LogP contribution in [0.5, 0.6) is 0 Å². The molecule has 0 radical (unpaired) electrons. The second-order valence-corrected chi connectivity index (χ2v) is 4.65. The SMILES string of the molecule is CC(CN)SC(C)CC(=O)NN. The maximum absolute atomic E-state index is 10.8. The largest absolute Gasteiger partial charge is 0.329 e. The van der Waals surface area contributed by atoms with Crippen molar-refractivity contribution in [2.24, 2.45) is 11.6 Å². The Kier molecular flexibility index (Phi) is 6.14. The first-order valence-electron chi connectivity index (χ1n) is 3.95. The van der Waals surface area contributed by atoms with Gasteiger partial charge in [0.15, 0.2) is 0 Å². The number of hydrogen-bond acceptors (Lipinski definition) is 4. The van der Waals surface area contributed by atoms with Crippen molar-refractivity contribution in [3.8, 4) is 0 Å². The van der Waals surface area contributed by atoms with E-state index in [1.54, 1.807) is 11.8 Å². The van der Waals surface area contributed by atoms with Crippen molar-refractivity contribution in [3.63, 3.8) is 0 Å². The summed E-state index contributed by atoms with van der Waals surface area (Å²) in [4.78, 5) is 10.8. The van der Waals surface area contributed by atoms with Crippen molar-refractivity contribution < 1.29 is 4.79 Å². The van der Waals surface area contributed by atoms with E-state index in [-0.39, 0.29) is 11.2 Å². The summed E-state index contributed by atoms with van der Waals surface area (Å²) < 4.78 is 0. The van der Waals surface area contributed by atoms with Gasteiger partial charge in [-0.2, -0.15) is 11.8 Å². The van der Waals surface area contributed by atoms with Crippen molar-refractivity contribution in [1.29, 1.82) is 0 Å². The van der Waals surface area contributed by atoms with Gasteiger partial charge in [-0.15, -0.1) is 0 Å². The van der Waals surface area contributed by atoms with E-state index in [1.165, 1.54) is 0 Å². The maximum atomic E-state index is 10.8. The number of hydrazine groups is 1. The van der Waals surface area contributed by atoms with E-state index in [4.69, 9.17) is 11.6 Å². The van der Waals surface area contributed by atoms with Crippen molar-refractivity contribution in [1.82, 2.24) is 5.43 Å². The third-order valence-corrected chi connectivity index (χ3v) is 2.72. The smallest absolute Gasteiger partial charge is 0.234 e. The van der Waals surface area contributed by atoms with Crippen molar-refractivity contribution in [3.05, 3.63) is 0 Å². The Morgan fingerprint density at radius 1 is 1.50 bits per heavy atom. The molecule has 0 saturated heterocycles. The van der Waals surface area contributed by atoms with Crippen LogP contribution in [-0.4, -0.2) is 23.0 Å². The van der Waals surface area contributed by atoms with Crippen LogP contribution >= 0.6 is 11.8 Å². The van der Waals surface area contributed by atoms with Crippen LogP contribution in [-0.2, 0) is 4.79 Å². The molecule has 12 heavy (non-hydrogen) atoms. The van der Waals surface area contributed by atoms with Gasteiger partial charge in [0.25, 0.3) is 0 Å². The van der Waals surface area contributed by atoms with Crippen molar-refractivity contribution in [2.75, 3.05) is 6.54 Å². The second-order valence-electron chi connectivity index (χ2n) is 2.76. The molecule has 5 N–H and O–H groups in total. The molecule has 0 rings (SSSR count). The first-order chi connectivity index (χ1) is 5.60. The fourth-order valence-corrected chi connectivity index (χ4v) is 1.97. The first-order valence-corrected chi connectivity index (χ1v) is 4.89. The lowest BCUT2D eigenvalue weighted by Crippen LogP contribution is -2.32. The topological polar surface area (TPSA) is 81.1 Å². The summed E-state index contributed by atoms with van der Waals surface area (Å²) in [6, 6.07) is 0. The van der Waals surface area contributed by atoms with Crippen molar-refractivity contribution >= 4 is 17.7 Å². The molecule has 4 nitrogen and oxygen atoms in total. The van der Waals surface area contributed by atoms with Gasteiger partial charge < -0.3 is 5.73 Å². The predicted octanol–water partition coefficient (Wildman–Crippen LogP) is -0.165. The fraction of sp³-hybridized carbons (Fsp3) is 0.857. The fourth-order valence-electron chi connectivity index (χ4n) is 0.820. The van der Waals surface area contributed by atoms with Crippen LogP contribution in [0.4, 0.5) is 0 Å². The van der Waals surface area contributed by atoms with Crippen LogP contribution in [0.15, 0.2) is 0 Å². The second kappa shape index (κ2) is 6.28. The summed E-state index contributed by atoms with van der Waals surface area (Å²) in [6.07, 6.45) is 0.450. The van der Waals surface area contributed by atoms with E-state index < -0.39 is 0 Å². The number of nitrogens with two attached hydrogens (primary N) is 2. The van der Waals surface area contributed by atoms with Crippen LogP contribution < -0.4 is 17.0 Å². The molecular weight excluding hydrogens is 174 g/mol. The number of rotatable bonds is 5. The Labute approximate surface area is 77.4 Å². The van der Waals surface area contributed by atoms with Crippen LogP contribution in [0, 0.1) is 0 Å². The molecule has 0 aromatic rings. The highest BCUT2D eigenvalue weighted by Gasteiger charge is 2.11. The Bertz CT molecular complexity index is 143. The maximum Gasteiger partial charge on any atom is 0.234 e. The predicted molar refractivity (Wildman–Crippen MR) is 52.5 cm³/mol. The van der Waals surface area contributed by atoms with Gasteiger partial charge in [-0.25, -0.2) is 5.84 Å². The lowest BCUT2D eigenvalue weighted by Gasteiger charge is -2.14. The Morgan fingerprint density at radius 2 is 2.08 bits per heavy atom. The molecule has 2 atom stereocenters. The zero-order valence-corrected chi connectivity index (χ0v) is 8.36. The van der Waals surface area contributed by atoms with Crippen LogP contribution in [0.25, 0.3) is 0 Å². The number of thioether (sulfide) groups is 1. The molecule has 0 aliphatic heterocycles. The zero-order chi connectivity index (χ0) is 9.56. The highest BCUT2D eigenvalue weighted by atomic mass is 32.2. The zero-order valence-electron chi connectivity index (χ0n) is 7.54. The molecule has 2 unspecified atom stereocenters. The van der Waals surface area contributed by atoms with Gasteiger partial charge in [-0.3, -0.25) is 10.2 Å². The van der Waals surface area contributed by atoms with E-state index >= 15 is 0 Å². The van der Waals surface area contributed by atoms with E-state index in [0.29, 0.717) is 18.2 Å². The average molecular weight is 191 g/mol. The lowest BCUT2D eigenvalue weighted by atomic mass is 10.3. The lowest BCUT2D eigenvalue weighted by molar-refractivity contribution is -0.121. The third kappa shape index (κ3) is 5.40. The molecule has 0 spiro atoms. The monoisotopic (exact) mass is 191 g/mol. The molecule has 0 saturated carbocycles. The summed E-state index contributed by atoms with van der Waals surface area (Å²) in [6.45, 7) is 4.67. The van der Waals surface area contributed by atoms with Crippen LogP contribution in [0.1, 0.15) is 20.3 Å². The van der Waals surface area contributed by atoms with Crippen LogP contribution in [0.3, 0.4) is 0 Å². The van der Waals surface area contributed by atoms with Gasteiger partial charge in [0.1, 0.15) is 0 Å². The number of carbonyl (C=O) groups excluding carboxylic acids is 1. The minimum absolute atomic E-state index is 0.126. The summed E-state index contributed by atoms with van der Waals surface area (Å²) in [5.74, 6) is 4.82. The highest BCUT2D eigenvalue weighted by molar-refractivity contribution is 8.00. The molecular formula is C7H17N3OS. The molecule has 72 valence electrons. The molecule has 0 aliphatic rings. The normalized spacial score (nSPS) is 15.3. The number of carbonyl (C=O) groups is 1. The number of nitrogens with one attached hydrogen (secondary N) is 1. The average Bonchev–Trinajstić information content (AvgIpc) is 2.03. The van der Waals surface area contributed by atoms with E-state index in [1.807, 2.05) is 13.8 Å². The third-order valence-electron chi connectivity index (χ3n) is 1.43. The van der Waals surface area contributed by atoms with Gasteiger partial charge in [-0.1, -0.05) is 13.8 Å². The van der Waals surface area contributed by atoms with Gasteiger partial charge in [0, 0.05) is 23.5 Å². The molecule has 0 bridgehead atoms. The Balaban J connectivity index is 3.58. The van der Waals surface area contributed by atoms with Gasteiger partial charge in [0.05, 0.1) is 0 Å². The van der Waals surface area contributed by atoms with E-state index in [9.17, 15) is 4.79 Å². The summed E-state index contributed by atoms with van der Waals surface area (Å²) in [7, 11) is 0. The van der Waals surface area contributed by atoms with Gasteiger partial charge >= 0.3 is 0 Å². The number of hydrogen-bond donors (Lipinski definition) is 3. The van der Waals surface area contributed by atoms with Crippen LogP contribution in [0.2, 0.25) is 0 Å². The molecule has 1 amide bonds. The molecule has 0 aromatic carbocycles. The molecule has 5 heteroatoms. The Hall–Kier alpha value is -0.260. The van der Waals surface area contributed by atoms with Gasteiger partial charge in [-0.05, 0) is 0 Å². The standard InChI is InChI=1S/C7H17N3OS/c1-5(3-7(11)10-9)12-6(2)4-8/h5-6H,3-4,8-9H2,1-2H3,(H,10,11). The Morgan fingerprint density at radius 3 is 2.50 bits per heavy atom. The minimum Gasteiger partial charge on any atom is -0.329 e. The first kappa shape index (κ1) is 11.7. The highest BCUT2D eigenvalue weighted by Crippen LogP contribution is 2.18. The summed E-state index contributed by atoms with van der Waals surface area (Å²) in [5.41, 5.74) is 7.54. The van der Waals surface area contributed by atoms with E-state index in [0.717, 1.165) is 0 Å². The molecule has 0 heterocycles.